The summed E-state index contributed by atoms with van der Waals surface area (Å²) >= 11 is 7.32. The van der Waals surface area contributed by atoms with Crippen LogP contribution in [0.15, 0.2) is 84.9 Å². The fraction of sp³-hybridized carbons (Fsp3) is 0.582. The number of nitrogens with zero attached hydrogens (tertiary/aromatic N) is 1. The summed E-state index contributed by atoms with van der Waals surface area (Å²) in [6, 6.07) is 0.748. The number of likely N-dealkylation sites (N-methyl/N-ethyl adjacent to an activating group) is 1. The molecule has 22 atom stereocenters. The van der Waals surface area contributed by atoms with Crippen LogP contribution in [0.1, 0.15) is 220 Å². The van der Waals surface area contributed by atoms with E-state index < -0.39 is 309 Å². The standard InChI is InChI=1S/C98H128ClN11O31/c1-41(2)25-58(110(16)93(130)141-96(11,12)13)84(122)106-73-75(116)48-20-24-61(56(99)32-48)134-63-34-51-33-62(79(63)138-90-80(77(118)76(117)64(40-111)135-90)137-67-39-98(15,82(120)43(4)132-67)109-92(129)140-95(8,9)10)133-53-21-17-46(18-22-53)78(136-66-38-97(14,81(119)42(3)131-66)108-91(128)139-94(5,6)7)74-89(127)105-72(87(125)102-69-49-27-44-26-45(29-49)30-50(69)28-44)55-35-52(112)36-60(114)68(55)54-31-47(19-23-59(54)113)70(85(123)107-74)104-86(124)71(51)103-83(121)57(37-65(100)115)101-88(73)126/h17-24,31-36,41-45,49-50,57-58,64,66-67,69-78,80-82,90,111-114,116-120H,25-30,37-40H2,1-16H3,(H2,100,115)(H,101,126)(H,102,125)(H,103,121)(H,104,124)(H,105,127)(H,106,122)(H,107,123)(H,108,128)(H,109,129)/t42?,43?,44?,45?,49?,50?,57-,58+,64?,66?,67?,69?,70+,71+,72-,73+,74+,75+,76?,77?,78+,80?,81?,82?,90?,97?,98?/m0/s1. The molecule has 20 N–H and O–H groups in total. The molecular weight excluding hydrogens is 1860 g/mol. The third-order valence-corrected chi connectivity index (χ3v) is 27.2. The van der Waals surface area contributed by atoms with Crippen LogP contribution < -0.4 is 67.8 Å². The summed E-state index contributed by atoms with van der Waals surface area (Å²) in [4.78, 5) is 169. The molecule has 3 saturated heterocycles. The van der Waals surface area contributed by atoms with Gasteiger partial charge in [-0.05, 0) is 241 Å². The Hall–Kier alpha value is -11.7. The van der Waals surface area contributed by atoms with Crippen molar-refractivity contribution in [1.82, 2.24) is 52.8 Å². The fourth-order valence-electron chi connectivity index (χ4n) is 20.4. The second kappa shape index (κ2) is 41.3. The van der Waals surface area contributed by atoms with Gasteiger partial charge in [0.05, 0.1) is 41.3 Å². The number of primary amides is 1. The first-order valence-electron chi connectivity index (χ1n) is 47.2. The van der Waals surface area contributed by atoms with Crippen LogP contribution >= 0.6 is 11.6 Å². The summed E-state index contributed by atoms with van der Waals surface area (Å²) in [6.45, 7) is 22.7. The van der Waals surface area contributed by atoms with E-state index >= 15 is 33.6 Å². The van der Waals surface area contributed by atoms with Gasteiger partial charge in [0.1, 0.15) is 131 Å². The molecule has 15 bridgehead atoms. The Morgan fingerprint density at radius 2 is 1.15 bits per heavy atom. The Labute approximate surface area is 818 Å². The zero-order chi connectivity index (χ0) is 103. The number of benzene rings is 5. The van der Waals surface area contributed by atoms with Gasteiger partial charge in [-0.3, -0.25) is 43.3 Å². The van der Waals surface area contributed by atoms with Crippen molar-refractivity contribution in [3.8, 4) is 57.1 Å². The van der Waals surface area contributed by atoms with E-state index in [2.05, 4.69) is 47.9 Å². The monoisotopic (exact) mass is 1990 g/mol. The highest BCUT2D eigenvalue weighted by molar-refractivity contribution is 6.32. The van der Waals surface area contributed by atoms with Gasteiger partial charge in [-0.1, -0.05) is 49.7 Å². The van der Waals surface area contributed by atoms with Crippen LogP contribution in [0, 0.1) is 29.6 Å². The van der Waals surface area contributed by atoms with E-state index in [9.17, 15) is 65.1 Å². The van der Waals surface area contributed by atoms with Crippen LogP contribution in [0.3, 0.4) is 0 Å². The number of amides is 11. The molecule has 8 aliphatic heterocycles. The first-order valence-corrected chi connectivity index (χ1v) is 47.6. The number of aliphatic hydroxyl groups is 6. The number of alkyl carbamates (subject to hydrolysis) is 2. The highest BCUT2D eigenvalue weighted by Gasteiger charge is 2.56. The van der Waals surface area contributed by atoms with E-state index in [1.54, 1.807) is 76.2 Å². The van der Waals surface area contributed by atoms with E-state index in [0.29, 0.717) is 11.8 Å². The molecule has 5 aromatic carbocycles. The highest BCUT2D eigenvalue weighted by atomic mass is 35.5. The molecule has 11 amide bonds. The van der Waals surface area contributed by atoms with Crippen LogP contribution in [0.5, 0.6) is 46.0 Å². The summed E-state index contributed by atoms with van der Waals surface area (Å²) in [6.07, 6.45) is -23.9. The average Bonchev–Trinajstić information content (AvgIpc) is 0.762. The van der Waals surface area contributed by atoms with Crippen molar-refractivity contribution in [3.05, 3.63) is 118 Å². The largest absolute Gasteiger partial charge is 0.508 e. The van der Waals surface area contributed by atoms with Gasteiger partial charge < -0.3 is 152 Å². The minimum Gasteiger partial charge on any atom is -0.508 e. The van der Waals surface area contributed by atoms with Gasteiger partial charge in [0.25, 0.3) is 0 Å². The SMILES string of the molecule is CC(C)C[C@H](C(=O)N[C@H]1C(=O)N[C@@H](CC(N)=O)C(=O)N[C@H]2C(=O)N[C@H]3C(=O)N[C@@H](C(=O)N[C@H](C(=O)NC4C5CC6CC(C5)CC4C6)c4cc(O)cc(O)c4-c4cc3ccc4O)[C@H](OC3CC(C)(NC(=O)OC(C)(C)C)C(O)C(C)O3)c3ccc(cc3)Oc3cc2cc(c3OC2OC(CO)C(O)C(O)C2OC2CC(C)(NC(=O)OC(C)(C)C)C(O)C(C)O2)Oc2ccc(cc2Cl)[C@H]1O)N(C)C(=O)OC(C)(C)C. The lowest BCUT2D eigenvalue weighted by molar-refractivity contribution is -0.334. The van der Waals surface area contributed by atoms with Gasteiger partial charge in [0.2, 0.25) is 59.3 Å². The van der Waals surface area contributed by atoms with E-state index in [-0.39, 0.29) is 52.2 Å². The third kappa shape index (κ3) is 23.8. The first-order chi connectivity index (χ1) is 66.0. The lowest BCUT2D eigenvalue weighted by Crippen LogP contribution is -2.66. The van der Waals surface area contributed by atoms with Crippen LogP contribution in [-0.4, -0.2) is 256 Å². The smallest absolute Gasteiger partial charge is 0.410 e. The molecule has 0 aromatic heterocycles. The topological polar surface area (TPSA) is 609 Å². The zero-order valence-corrected chi connectivity index (χ0v) is 81.8. The Kier molecular flexibility index (Phi) is 30.8. The third-order valence-electron chi connectivity index (χ3n) is 26.9. The molecule has 43 heteroatoms. The predicted octanol–water partition coefficient (Wildman–Crippen LogP) is 6.33. The van der Waals surface area contributed by atoms with Crippen LogP contribution in [0.4, 0.5) is 14.4 Å². The second-order valence-electron chi connectivity index (χ2n) is 42.1. The number of hydrogen-bond donors (Lipinski definition) is 19. The quantitative estimate of drug-likeness (QED) is 0.0426. The molecule has 141 heavy (non-hydrogen) atoms. The normalized spacial score (nSPS) is 31.8. The highest BCUT2D eigenvalue weighted by Crippen LogP contribution is 2.55. The lowest BCUT2D eigenvalue weighted by Gasteiger charge is -2.54. The number of carbonyl (C=O) groups excluding carboxylic acids is 11. The lowest BCUT2D eigenvalue weighted by atomic mass is 9.54. The average molecular weight is 1990 g/mol. The number of rotatable bonds is 18. The van der Waals surface area contributed by atoms with Crippen molar-refractivity contribution in [2.75, 3.05) is 13.7 Å². The number of ether oxygens (including phenoxy) is 11. The van der Waals surface area contributed by atoms with Crippen molar-refractivity contribution in [2.24, 2.45) is 35.3 Å². The number of nitrogens with one attached hydrogen (secondary N) is 9. The van der Waals surface area contributed by atoms with Crippen LogP contribution in [-0.2, 0) is 76.3 Å². The number of phenols is 3. The summed E-state index contributed by atoms with van der Waals surface area (Å²) < 4.78 is 70.4. The molecule has 12 aliphatic rings. The summed E-state index contributed by atoms with van der Waals surface area (Å²) in [5.41, 5.74) is -2.92. The molecule has 13 unspecified atom stereocenters. The molecular formula is C98H128ClN11O31. The molecule has 0 spiro atoms. The summed E-state index contributed by atoms with van der Waals surface area (Å²) in [5.74, 6) is -14.5. The Bertz CT molecular complexity index is 5550. The van der Waals surface area contributed by atoms with Gasteiger partial charge in [0, 0.05) is 43.1 Å². The Balaban J connectivity index is 0.990. The summed E-state index contributed by atoms with van der Waals surface area (Å²) in [7, 11) is 1.27. The molecule has 17 rings (SSSR count). The molecule has 42 nitrogen and oxygen atoms in total. The molecule has 5 aromatic rings. The zero-order valence-electron chi connectivity index (χ0n) is 81.1. The minimum atomic E-state index is -2.44. The Morgan fingerprint density at radius 1 is 0.596 bits per heavy atom. The fourth-order valence-corrected chi connectivity index (χ4v) is 20.6. The van der Waals surface area contributed by atoms with Crippen LogP contribution in [0.2, 0.25) is 5.02 Å². The molecule has 4 saturated carbocycles. The van der Waals surface area contributed by atoms with Gasteiger partial charge in [-0.25, -0.2) is 14.4 Å². The van der Waals surface area contributed by atoms with Gasteiger partial charge in [0.15, 0.2) is 30.2 Å². The number of phenolic OH excluding ortho intramolecular Hbond substituents is 3. The predicted molar refractivity (Wildman–Crippen MR) is 497 cm³/mol. The number of hydrogen-bond acceptors (Lipinski definition) is 31. The molecule has 768 valence electrons. The number of fused-ring (bicyclic) bond motifs is 15. The first kappa shape index (κ1) is 105. The summed E-state index contributed by atoms with van der Waals surface area (Å²) in [5, 5.41) is 133. The van der Waals surface area contributed by atoms with E-state index in [4.69, 9.17) is 69.4 Å². The van der Waals surface area contributed by atoms with Crippen molar-refractivity contribution < 1.29 is 151 Å². The number of carbonyl (C=O) groups is 11. The number of nitrogens with two attached hydrogens (primary N) is 1. The Morgan fingerprint density at radius 3 is 1.72 bits per heavy atom. The molecule has 4 aliphatic carbocycles. The van der Waals surface area contributed by atoms with Crippen molar-refractivity contribution >= 4 is 77.1 Å². The number of halogens is 1. The van der Waals surface area contributed by atoms with E-state index in [1.165, 1.54) is 71.1 Å². The van der Waals surface area contributed by atoms with Crippen molar-refractivity contribution in [3.63, 3.8) is 0 Å². The van der Waals surface area contributed by atoms with Crippen molar-refractivity contribution in [2.45, 2.75) is 318 Å². The number of aliphatic hydroxyl groups excluding tert-OH is 6. The van der Waals surface area contributed by atoms with E-state index in [0.717, 1.165) is 85.5 Å². The maximum Gasteiger partial charge on any atom is 0.410 e. The van der Waals surface area contributed by atoms with Crippen molar-refractivity contribution in [1.29, 1.82) is 0 Å². The molecule has 7 fully saturated rings. The molecule has 0 radical (unpaired) electrons. The van der Waals surface area contributed by atoms with Gasteiger partial charge in [-0.15, -0.1) is 0 Å². The second-order valence-corrected chi connectivity index (χ2v) is 42.5. The van der Waals surface area contributed by atoms with Gasteiger partial charge >= 0.3 is 18.3 Å². The number of aromatic hydroxyl groups is 3. The van der Waals surface area contributed by atoms with Gasteiger partial charge in [-0.2, -0.15) is 0 Å². The maximum absolute atomic E-state index is 17.0. The van der Waals surface area contributed by atoms with Crippen LogP contribution in [0.25, 0.3) is 11.1 Å². The minimum absolute atomic E-state index is 0.000842. The molecule has 8 heterocycles. The maximum atomic E-state index is 17.0. The van der Waals surface area contributed by atoms with E-state index in [1.807, 2.05) is 0 Å².